The Labute approximate surface area is 219 Å². The van der Waals surface area contributed by atoms with Crippen molar-refractivity contribution in [3.05, 3.63) is 70.9 Å². The first-order valence-corrected chi connectivity index (χ1v) is 12.7. The Morgan fingerprint density at radius 2 is 1.84 bits per heavy atom. The lowest BCUT2D eigenvalue weighted by atomic mass is 10.00. The summed E-state index contributed by atoms with van der Waals surface area (Å²) >= 11 is 0. The Bertz CT molecular complexity index is 1170. The molecule has 2 atom stereocenters. The van der Waals surface area contributed by atoms with Crippen LogP contribution in [0, 0.1) is 11.6 Å². The van der Waals surface area contributed by atoms with Gasteiger partial charge in [-0.25, -0.2) is 13.8 Å². The van der Waals surface area contributed by atoms with Crippen molar-refractivity contribution in [2.24, 2.45) is 9.98 Å². The van der Waals surface area contributed by atoms with Gasteiger partial charge in [-0.3, -0.25) is 9.79 Å². The smallest absolute Gasteiger partial charge is 0.251 e. The van der Waals surface area contributed by atoms with Gasteiger partial charge in [0.2, 0.25) is 0 Å². The molecule has 0 saturated carbocycles. The monoisotopic (exact) mass is 511 g/mol. The van der Waals surface area contributed by atoms with Gasteiger partial charge in [-0.1, -0.05) is 32.9 Å². The minimum Gasteiger partial charge on any atom is -0.386 e. The second-order valence-electron chi connectivity index (χ2n) is 9.00. The van der Waals surface area contributed by atoms with Gasteiger partial charge in [0.1, 0.15) is 0 Å². The maximum atomic E-state index is 14.6. The largest absolute Gasteiger partial charge is 0.386 e. The molecule has 2 aromatic carbocycles. The number of hydrogen-bond donors (Lipinski definition) is 3. The van der Waals surface area contributed by atoms with Crippen LogP contribution in [-0.2, 0) is 6.42 Å². The Balaban J connectivity index is 2.26. The fourth-order valence-electron chi connectivity index (χ4n) is 3.68. The Morgan fingerprint density at radius 3 is 2.46 bits per heavy atom. The summed E-state index contributed by atoms with van der Waals surface area (Å²) in [5.74, 6) is -1.65. The van der Waals surface area contributed by atoms with Crippen LogP contribution in [0.1, 0.15) is 75.4 Å². The minimum absolute atomic E-state index is 0.0845. The molecule has 6 nitrogen and oxygen atoms in total. The lowest BCUT2D eigenvalue weighted by molar-refractivity contribution is 0.0938. The summed E-state index contributed by atoms with van der Waals surface area (Å²) < 4.78 is 28.8. The molecule has 2 aromatic rings. The van der Waals surface area contributed by atoms with Crippen molar-refractivity contribution >= 4 is 28.8 Å². The van der Waals surface area contributed by atoms with Crippen LogP contribution in [0.2, 0.25) is 0 Å². The van der Waals surface area contributed by atoms with Crippen molar-refractivity contribution in [1.29, 1.82) is 0 Å². The zero-order valence-electron chi connectivity index (χ0n) is 22.9. The van der Waals surface area contributed by atoms with Crippen molar-refractivity contribution in [3.63, 3.8) is 0 Å². The quantitative estimate of drug-likeness (QED) is 0.232. The molecule has 0 aromatic heterocycles. The highest BCUT2D eigenvalue weighted by Gasteiger charge is 2.18. The van der Waals surface area contributed by atoms with Crippen LogP contribution in [0.4, 0.5) is 20.2 Å². The predicted molar refractivity (Wildman–Crippen MR) is 151 cm³/mol. The SMILES string of the molecule is C\C=C/N=C(Nc1ccc(C(=O)NC(C)CC)c(CC)c1)\C(C)=N\CC(C)c1ccc(NC)c(F)c1F. The Kier molecular flexibility index (Phi) is 11.4. The fraction of sp³-hybridized carbons (Fsp3) is 0.414. The van der Waals surface area contributed by atoms with Gasteiger partial charge in [0.05, 0.1) is 11.4 Å². The third kappa shape index (κ3) is 7.97. The molecule has 8 heteroatoms. The number of anilines is 2. The van der Waals surface area contributed by atoms with E-state index < -0.39 is 11.6 Å². The molecule has 3 N–H and O–H groups in total. The van der Waals surface area contributed by atoms with E-state index in [2.05, 4.69) is 25.9 Å². The molecule has 0 aliphatic rings. The van der Waals surface area contributed by atoms with E-state index in [1.807, 2.05) is 52.8 Å². The molecule has 0 saturated heterocycles. The zero-order chi connectivity index (χ0) is 27.5. The molecule has 0 aliphatic carbocycles. The van der Waals surface area contributed by atoms with Crippen LogP contribution in [0.5, 0.6) is 0 Å². The summed E-state index contributed by atoms with van der Waals surface area (Å²) in [4.78, 5) is 21.8. The molecule has 200 valence electrons. The number of rotatable bonds is 11. The lowest BCUT2D eigenvalue weighted by Gasteiger charge is -2.16. The minimum atomic E-state index is -0.891. The van der Waals surface area contributed by atoms with Gasteiger partial charge in [-0.05, 0) is 69.0 Å². The van der Waals surface area contributed by atoms with Crippen molar-refractivity contribution in [2.45, 2.75) is 66.3 Å². The summed E-state index contributed by atoms with van der Waals surface area (Å²) in [5, 5.41) is 8.96. The van der Waals surface area contributed by atoms with Crippen molar-refractivity contribution in [3.8, 4) is 0 Å². The maximum Gasteiger partial charge on any atom is 0.251 e. The second kappa shape index (κ2) is 14.3. The third-order valence-electron chi connectivity index (χ3n) is 6.19. The van der Waals surface area contributed by atoms with Gasteiger partial charge in [0, 0.05) is 43.0 Å². The van der Waals surface area contributed by atoms with E-state index in [9.17, 15) is 13.6 Å². The number of aryl methyl sites for hydroxylation is 1. The van der Waals surface area contributed by atoms with E-state index in [0.29, 0.717) is 23.5 Å². The molecule has 2 rings (SSSR count). The maximum absolute atomic E-state index is 14.6. The van der Waals surface area contributed by atoms with Crippen LogP contribution >= 0.6 is 0 Å². The van der Waals surface area contributed by atoms with Gasteiger partial charge >= 0.3 is 0 Å². The van der Waals surface area contributed by atoms with Gasteiger partial charge in [-0.2, -0.15) is 0 Å². The molecular weight excluding hydrogens is 472 g/mol. The van der Waals surface area contributed by atoms with E-state index in [1.165, 1.54) is 6.07 Å². The molecule has 1 amide bonds. The summed E-state index contributed by atoms with van der Waals surface area (Å²) in [6.07, 6.45) is 5.01. The number of hydrogen-bond acceptors (Lipinski definition) is 4. The zero-order valence-corrected chi connectivity index (χ0v) is 22.9. The van der Waals surface area contributed by atoms with Crippen LogP contribution in [0.3, 0.4) is 0 Å². The van der Waals surface area contributed by atoms with Crippen LogP contribution in [-0.4, -0.2) is 37.1 Å². The molecule has 0 heterocycles. The molecule has 0 bridgehead atoms. The molecular formula is C29H39F2N5O. The van der Waals surface area contributed by atoms with Crippen molar-refractivity contribution < 1.29 is 13.6 Å². The average Bonchev–Trinajstić information content (AvgIpc) is 2.90. The number of nitrogens with one attached hydrogen (secondary N) is 3. The van der Waals surface area contributed by atoms with Crippen LogP contribution in [0.15, 0.2) is 52.6 Å². The van der Waals surface area contributed by atoms with E-state index in [-0.39, 0.29) is 35.7 Å². The highest BCUT2D eigenvalue weighted by Crippen LogP contribution is 2.26. The third-order valence-corrected chi connectivity index (χ3v) is 6.19. The molecule has 2 unspecified atom stereocenters. The first-order valence-electron chi connectivity index (χ1n) is 12.7. The fourth-order valence-corrected chi connectivity index (χ4v) is 3.68. The number of allylic oxidation sites excluding steroid dienone is 1. The topological polar surface area (TPSA) is 77.9 Å². The molecule has 0 radical (unpaired) electrons. The molecule has 0 aliphatic heterocycles. The Morgan fingerprint density at radius 1 is 1.11 bits per heavy atom. The number of amides is 1. The first-order chi connectivity index (χ1) is 17.7. The Hall–Kier alpha value is -3.55. The number of nitrogens with zero attached hydrogens (tertiary/aromatic N) is 2. The number of halogens is 2. The van der Waals surface area contributed by atoms with Crippen LogP contribution < -0.4 is 16.0 Å². The molecule has 0 spiro atoms. The highest BCUT2D eigenvalue weighted by molar-refractivity contribution is 6.45. The number of aliphatic imine (C=N–C) groups is 2. The lowest BCUT2D eigenvalue weighted by Crippen LogP contribution is -2.32. The first kappa shape index (κ1) is 29.7. The van der Waals surface area contributed by atoms with E-state index in [1.54, 1.807) is 32.3 Å². The highest BCUT2D eigenvalue weighted by atomic mass is 19.2. The molecule has 0 fully saturated rings. The van der Waals surface area contributed by atoms with E-state index in [4.69, 9.17) is 0 Å². The standard InChI is InChI=1S/C29H39F2N5O/c1-8-15-33-28(20(6)34-17-18(4)23-13-14-25(32-7)27(31)26(23)30)36-22-11-12-24(21(10-3)16-22)29(37)35-19(5)9-2/h8,11-16,18-19,32H,9-10,17H2,1-7H3,(H,33,36)(H,35,37)/b15-8-,34-20+. The summed E-state index contributed by atoms with van der Waals surface area (Å²) in [5.41, 5.74) is 3.35. The average molecular weight is 512 g/mol. The number of amidine groups is 1. The predicted octanol–water partition coefficient (Wildman–Crippen LogP) is 6.71. The second-order valence-corrected chi connectivity index (χ2v) is 9.00. The number of benzene rings is 2. The number of carbonyl (C=O) groups is 1. The van der Waals surface area contributed by atoms with Crippen molar-refractivity contribution in [2.75, 3.05) is 24.2 Å². The summed E-state index contributed by atoms with van der Waals surface area (Å²) in [6, 6.07) is 8.80. The van der Waals surface area contributed by atoms with Crippen molar-refractivity contribution in [1.82, 2.24) is 5.32 Å². The normalized spacial score (nSPS) is 14.0. The van der Waals surface area contributed by atoms with E-state index >= 15 is 0 Å². The molecule has 37 heavy (non-hydrogen) atoms. The van der Waals surface area contributed by atoms with Gasteiger partial charge < -0.3 is 16.0 Å². The number of carbonyl (C=O) groups excluding carboxylic acids is 1. The summed E-state index contributed by atoms with van der Waals surface area (Å²) in [6.45, 7) is 11.8. The van der Waals surface area contributed by atoms with Crippen LogP contribution in [0.25, 0.3) is 0 Å². The van der Waals surface area contributed by atoms with Gasteiger partial charge in [0.15, 0.2) is 17.5 Å². The van der Waals surface area contributed by atoms with Gasteiger partial charge in [-0.15, -0.1) is 0 Å². The summed E-state index contributed by atoms with van der Waals surface area (Å²) in [7, 11) is 1.55. The van der Waals surface area contributed by atoms with Gasteiger partial charge in [0.25, 0.3) is 5.91 Å². The van der Waals surface area contributed by atoms with E-state index in [0.717, 1.165) is 17.7 Å².